The highest BCUT2D eigenvalue weighted by molar-refractivity contribution is 6.14. The minimum Gasteiger partial charge on any atom is -0.324 e. The first-order valence-corrected chi connectivity index (χ1v) is 10.5. The molecule has 8 heteroatoms. The van der Waals surface area contributed by atoms with E-state index >= 15 is 0 Å². The maximum atomic E-state index is 12.7. The number of unbranched alkanes of at least 4 members (excludes halogenated alkanes) is 4. The summed E-state index contributed by atoms with van der Waals surface area (Å²) in [4.78, 5) is 36.5. The lowest BCUT2D eigenvalue weighted by atomic mass is 10.1. The summed E-state index contributed by atoms with van der Waals surface area (Å²) in [5, 5.41) is 17.1. The number of nitrogens with one attached hydrogen (secondary N) is 4. The Hall–Kier alpha value is -3.23. The molecule has 5 N–H and O–H groups in total. The maximum absolute atomic E-state index is 12.7. The smallest absolute Gasteiger partial charge is 0.251 e. The molecule has 0 atom stereocenters. The summed E-state index contributed by atoms with van der Waals surface area (Å²) < 4.78 is 0. The Labute approximate surface area is 182 Å². The Morgan fingerprint density at radius 1 is 0.710 bits per heavy atom. The van der Waals surface area contributed by atoms with E-state index in [2.05, 4.69) is 16.0 Å². The molecule has 0 aromatic heterocycles. The zero-order valence-corrected chi connectivity index (χ0v) is 17.5. The number of amides is 3. The van der Waals surface area contributed by atoms with E-state index in [1.165, 1.54) is 0 Å². The molecule has 0 aliphatic heterocycles. The van der Waals surface area contributed by atoms with Crippen LogP contribution < -0.4 is 21.4 Å². The first-order chi connectivity index (χ1) is 15.1. The van der Waals surface area contributed by atoms with Gasteiger partial charge in [0.2, 0.25) is 5.91 Å². The summed E-state index contributed by atoms with van der Waals surface area (Å²) in [6, 6.07) is 17.0. The molecule has 2 rings (SSSR count). The van der Waals surface area contributed by atoms with Gasteiger partial charge < -0.3 is 10.6 Å². The zero-order valence-electron chi connectivity index (χ0n) is 17.5. The Bertz CT molecular complexity index is 761. The van der Waals surface area contributed by atoms with Gasteiger partial charge in [-0.15, -0.1) is 0 Å². The second-order valence-corrected chi connectivity index (χ2v) is 7.15. The van der Waals surface area contributed by atoms with E-state index in [1.807, 2.05) is 36.4 Å². The van der Waals surface area contributed by atoms with E-state index in [0.717, 1.165) is 25.7 Å². The third-order valence-electron chi connectivity index (χ3n) is 4.66. The summed E-state index contributed by atoms with van der Waals surface area (Å²) in [5.41, 5.74) is 2.87. The van der Waals surface area contributed by atoms with Gasteiger partial charge in [0.05, 0.1) is 0 Å². The largest absolute Gasteiger partial charge is 0.324 e. The molecular formula is C23H30N4O4. The van der Waals surface area contributed by atoms with Crippen LogP contribution in [0, 0.1) is 0 Å². The highest BCUT2D eigenvalue weighted by atomic mass is 16.5. The van der Waals surface area contributed by atoms with Crippen LogP contribution in [0.15, 0.2) is 60.7 Å². The fourth-order valence-corrected chi connectivity index (χ4v) is 3.02. The molecule has 2 aromatic carbocycles. The van der Waals surface area contributed by atoms with E-state index in [4.69, 9.17) is 5.21 Å². The minimum absolute atomic E-state index is 0.302. The Kier molecular flexibility index (Phi) is 10.8. The van der Waals surface area contributed by atoms with Crippen LogP contribution in [0.1, 0.15) is 38.5 Å². The topological polar surface area (TPSA) is 120 Å². The molecule has 2 aromatic rings. The van der Waals surface area contributed by atoms with E-state index in [9.17, 15) is 14.4 Å². The molecule has 0 spiro atoms. The average Bonchev–Trinajstić information content (AvgIpc) is 2.79. The van der Waals surface area contributed by atoms with Gasteiger partial charge in [0.1, 0.15) is 0 Å². The number of carbonyl (C=O) groups excluding carboxylic acids is 3. The van der Waals surface area contributed by atoms with Gasteiger partial charge in [-0.05, 0) is 43.7 Å². The number of rotatable bonds is 13. The lowest BCUT2D eigenvalue weighted by Gasteiger charge is -2.18. The summed E-state index contributed by atoms with van der Waals surface area (Å²) in [6.45, 7) is 0.506. The first kappa shape index (κ1) is 24.0. The van der Waals surface area contributed by atoms with Crippen molar-refractivity contribution in [3.05, 3.63) is 60.7 Å². The van der Waals surface area contributed by atoms with Crippen molar-refractivity contribution in [2.75, 3.05) is 17.2 Å². The van der Waals surface area contributed by atoms with Crippen molar-refractivity contribution in [1.29, 1.82) is 0 Å². The van der Waals surface area contributed by atoms with Crippen molar-refractivity contribution in [2.24, 2.45) is 0 Å². The first-order valence-electron chi connectivity index (χ1n) is 10.5. The van der Waals surface area contributed by atoms with Crippen LogP contribution in [0.3, 0.4) is 0 Å². The number of hydrogen-bond acceptors (Lipinski definition) is 5. The summed E-state index contributed by atoms with van der Waals surface area (Å²) in [7, 11) is 0. The molecule has 0 unspecified atom stereocenters. The van der Waals surface area contributed by atoms with Crippen molar-refractivity contribution in [3.8, 4) is 0 Å². The summed E-state index contributed by atoms with van der Waals surface area (Å²) in [5.74, 6) is -1.22. The number of para-hydroxylation sites is 2. The third-order valence-corrected chi connectivity index (χ3v) is 4.66. The number of hydroxylamine groups is 1. The van der Waals surface area contributed by atoms with E-state index < -0.39 is 17.9 Å². The fraction of sp³-hybridized carbons (Fsp3) is 0.348. The average molecular weight is 427 g/mol. The molecule has 166 valence electrons. The highest BCUT2D eigenvalue weighted by Gasteiger charge is 2.26. The second-order valence-electron chi connectivity index (χ2n) is 7.15. The molecule has 0 heterocycles. The Balaban J connectivity index is 1.83. The lowest BCUT2D eigenvalue weighted by molar-refractivity contribution is -0.129. The standard InChI is InChI=1S/C23H30N4O4/c28-20(27-31)16-10-2-1-3-11-17-24-21(22(29)25-18-12-6-4-7-13-18)23(30)26-19-14-8-5-9-15-19/h4-9,12-15,21,24,31H,1-3,10-11,16-17H2,(H,25,29)(H,26,30)(H,27,28). The monoisotopic (exact) mass is 426 g/mol. The normalized spacial score (nSPS) is 10.5. The predicted molar refractivity (Wildman–Crippen MR) is 120 cm³/mol. The number of hydrogen-bond donors (Lipinski definition) is 5. The van der Waals surface area contributed by atoms with Crippen LogP contribution in [0.4, 0.5) is 11.4 Å². The number of benzene rings is 2. The van der Waals surface area contributed by atoms with E-state index in [-0.39, 0.29) is 5.91 Å². The van der Waals surface area contributed by atoms with Crippen LogP contribution in [0.25, 0.3) is 0 Å². The Morgan fingerprint density at radius 2 is 1.19 bits per heavy atom. The van der Waals surface area contributed by atoms with Crippen LogP contribution in [-0.2, 0) is 14.4 Å². The third kappa shape index (κ3) is 9.41. The van der Waals surface area contributed by atoms with Gasteiger partial charge in [-0.2, -0.15) is 0 Å². The van der Waals surface area contributed by atoms with Gasteiger partial charge in [-0.3, -0.25) is 24.9 Å². The summed E-state index contributed by atoms with van der Waals surface area (Å²) >= 11 is 0. The van der Waals surface area contributed by atoms with Gasteiger partial charge >= 0.3 is 0 Å². The second kappa shape index (κ2) is 13.9. The van der Waals surface area contributed by atoms with Gasteiger partial charge in [0, 0.05) is 17.8 Å². The molecule has 31 heavy (non-hydrogen) atoms. The molecule has 8 nitrogen and oxygen atoms in total. The molecule has 0 fully saturated rings. The van der Waals surface area contributed by atoms with Crippen LogP contribution in [-0.4, -0.2) is 35.5 Å². The van der Waals surface area contributed by atoms with E-state index in [1.54, 1.807) is 29.7 Å². The van der Waals surface area contributed by atoms with Gasteiger partial charge in [-0.1, -0.05) is 55.7 Å². The van der Waals surface area contributed by atoms with Crippen LogP contribution in [0.5, 0.6) is 0 Å². The molecule has 0 bridgehead atoms. The molecule has 0 aliphatic rings. The van der Waals surface area contributed by atoms with Gasteiger partial charge in [0.25, 0.3) is 11.8 Å². The molecule has 0 saturated carbocycles. The fourth-order valence-electron chi connectivity index (χ4n) is 3.02. The maximum Gasteiger partial charge on any atom is 0.251 e. The van der Waals surface area contributed by atoms with Gasteiger partial charge in [-0.25, -0.2) is 5.48 Å². The number of anilines is 2. The number of carbonyl (C=O) groups is 3. The van der Waals surface area contributed by atoms with Crippen LogP contribution >= 0.6 is 0 Å². The molecular weight excluding hydrogens is 396 g/mol. The summed E-state index contributed by atoms with van der Waals surface area (Å²) in [6.07, 6.45) is 4.51. The van der Waals surface area contributed by atoms with E-state index in [0.29, 0.717) is 30.8 Å². The highest BCUT2D eigenvalue weighted by Crippen LogP contribution is 2.09. The molecule has 3 amide bonds. The van der Waals surface area contributed by atoms with Crippen molar-refractivity contribution >= 4 is 29.1 Å². The van der Waals surface area contributed by atoms with Crippen molar-refractivity contribution < 1.29 is 19.6 Å². The molecule has 0 saturated heterocycles. The minimum atomic E-state index is -1.03. The Morgan fingerprint density at radius 3 is 1.71 bits per heavy atom. The van der Waals surface area contributed by atoms with Crippen molar-refractivity contribution in [1.82, 2.24) is 10.8 Å². The lowest BCUT2D eigenvalue weighted by Crippen LogP contribution is -2.49. The van der Waals surface area contributed by atoms with Crippen molar-refractivity contribution in [3.63, 3.8) is 0 Å². The quantitative estimate of drug-likeness (QED) is 0.146. The van der Waals surface area contributed by atoms with Crippen molar-refractivity contribution in [2.45, 2.75) is 44.6 Å². The van der Waals surface area contributed by atoms with Gasteiger partial charge in [0.15, 0.2) is 6.04 Å². The molecule has 0 radical (unpaired) electrons. The SMILES string of the molecule is O=C(CCCCCCCNC(C(=O)Nc1ccccc1)C(=O)Nc1ccccc1)NO. The zero-order chi connectivity index (χ0) is 22.3. The predicted octanol–water partition coefficient (Wildman–Crippen LogP) is 3.07. The van der Waals surface area contributed by atoms with Crippen LogP contribution in [0.2, 0.25) is 0 Å². The molecule has 0 aliphatic carbocycles.